The number of ketones is 2. The molecule has 4 heteroatoms. The van der Waals surface area contributed by atoms with Crippen LogP contribution in [0.25, 0.3) is 17.0 Å². The van der Waals surface area contributed by atoms with E-state index in [1.54, 1.807) is 6.92 Å². The molecule has 1 aliphatic heterocycles. The fourth-order valence-electron chi connectivity index (χ4n) is 3.80. The van der Waals surface area contributed by atoms with Crippen molar-refractivity contribution in [3.8, 4) is 5.75 Å². The van der Waals surface area contributed by atoms with Crippen molar-refractivity contribution in [3.63, 3.8) is 0 Å². The first-order valence-electron chi connectivity index (χ1n) is 9.27. The molecule has 1 aromatic carbocycles. The summed E-state index contributed by atoms with van der Waals surface area (Å²) in [6.45, 7) is 7.95. The van der Waals surface area contributed by atoms with Crippen molar-refractivity contribution in [1.82, 2.24) is 4.98 Å². The van der Waals surface area contributed by atoms with Gasteiger partial charge in [-0.3, -0.25) is 9.59 Å². The summed E-state index contributed by atoms with van der Waals surface area (Å²) in [6, 6.07) is 3.78. The van der Waals surface area contributed by atoms with Gasteiger partial charge in [-0.1, -0.05) is 11.6 Å². The molecule has 0 saturated heterocycles. The van der Waals surface area contributed by atoms with Crippen LogP contribution in [-0.4, -0.2) is 22.2 Å². The van der Waals surface area contributed by atoms with Gasteiger partial charge < -0.3 is 9.72 Å². The molecule has 27 heavy (non-hydrogen) atoms. The number of H-pyrrole nitrogens is 1. The number of benzene rings is 1. The van der Waals surface area contributed by atoms with Gasteiger partial charge in [0.15, 0.2) is 5.78 Å². The minimum absolute atomic E-state index is 0.0944. The third-order valence-electron chi connectivity index (χ3n) is 5.29. The van der Waals surface area contributed by atoms with Gasteiger partial charge in [0.05, 0.1) is 16.8 Å². The summed E-state index contributed by atoms with van der Waals surface area (Å²) in [7, 11) is 0. The smallest absolute Gasteiger partial charge is 0.203 e. The van der Waals surface area contributed by atoms with E-state index in [0.29, 0.717) is 16.8 Å². The highest BCUT2D eigenvalue weighted by molar-refractivity contribution is 6.29. The topological polar surface area (TPSA) is 59.2 Å². The molecule has 0 amide bonds. The number of hydrogen-bond acceptors (Lipinski definition) is 3. The summed E-state index contributed by atoms with van der Waals surface area (Å²) in [5.74, 6) is 0.523. The summed E-state index contributed by atoms with van der Waals surface area (Å²) in [5.41, 5.74) is 3.93. The predicted molar refractivity (Wildman–Crippen MR) is 107 cm³/mol. The highest BCUT2D eigenvalue weighted by Gasteiger charge is 2.32. The zero-order valence-electron chi connectivity index (χ0n) is 16.1. The molecule has 0 bridgehead atoms. The molecule has 1 aliphatic carbocycles. The SMILES string of the molecule is CC(C)=CCC[C@@]1(C)C=Cc2c(ccc3c4c([nH]c23)C(=O)C=C(C)C4=O)O1. The molecule has 0 fully saturated rings. The quantitative estimate of drug-likeness (QED) is 0.744. The Hall–Kier alpha value is -2.88. The lowest BCUT2D eigenvalue weighted by atomic mass is 9.91. The van der Waals surface area contributed by atoms with Crippen LogP contribution in [0.15, 0.2) is 41.5 Å². The lowest BCUT2D eigenvalue weighted by Gasteiger charge is -2.31. The van der Waals surface area contributed by atoms with Crippen LogP contribution in [-0.2, 0) is 0 Å². The summed E-state index contributed by atoms with van der Waals surface area (Å²) >= 11 is 0. The fraction of sp³-hybridized carbons (Fsp3) is 0.304. The number of rotatable bonds is 3. The Labute approximate surface area is 158 Å². The number of fused-ring (bicyclic) bond motifs is 5. The summed E-state index contributed by atoms with van der Waals surface area (Å²) in [6.07, 6.45) is 9.56. The van der Waals surface area contributed by atoms with Gasteiger partial charge in [-0.15, -0.1) is 0 Å². The highest BCUT2D eigenvalue weighted by Crippen LogP contribution is 2.40. The van der Waals surface area contributed by atoms with Gasteiger partial charge in [0.2, 0.25) is 5.78 Å². The third kappa shape index (κ3) is 2.85. The Morgan fingerprint density at radius 1 is 1.26 bits per heavy atom. The molecular formula is C23H23NO3. The van der Waals surface area contributed by atoms with Crippen molar-refractivity contribution in [3.05, 3.63) is 58.3 Å². The van der Waals surface area contributed by atoms with E-state index < -0.39 is 0 Å². The van der Waals surface area contributed by atoms with E-state index in [1.165, 1.54) is 11.6 Å². The Kier molecular flexibility index (Phi) is 3.95. The van der Waals surface area contributed by atoms with Crippen LogP contribution in [0.3, 0.4) is 0 Å². The van der Waals surface area contributed by atoms with Crippen molar-refractivity contribution >= 4 is 28.5 Å². The van der Waals surface area contributed by atoms with Crippen LogP contribution in [0.1, 0.15) is 66.9 Å². The molecule has 138 valence electrons. The van der Waals surface area contributed by atoms with E-state index >= 15 is 0 Å². The first-order chi connectivity index (χ1) is 12.8. The molecular weight excluding hydrogens is 338 g/mol. The van der Waals surface area contributed by atoms with E-state index in [2.05, 4.69) is 37.9 Å². The van der Waals surface area contributed by atoms with Gasteiger partial charge in [-0.05, 0) is 70.9 Å². The van der Waals surface area contributed by atoms with Crippen molar-refractivity contribution in [2.45, 2.75) is 46.1 Å². The molecule has 1 atom stereocenters. The molecule has 2 aromatic rings. The van der Waals surface area contributed by atoms with Crippen LogP contribution < -0.4 is 4.74 Å². The second kappa shape index (κ2) is 6.08. The Bertz CT molecular complexity index is 1080. The summed E-state index contributed by atoms with van der Waals surface area (Å²) in [4.78, 5) is 28.1. The molecule has 4 nitrogen and oxygen atoms in total. The van der Waals surface area contributed by atoms with Crippen LogP contribution in [0.2, 0.25) is 0 Å². The monoisotopic (exact) mass is 361 g/mol. The average molecular weight is 361 g/mol. The number of ether oxygens (including phenoxy) is 1. The second-order valence-electron chi connectivity index (χ2n) is 7.86. The summed E-state index contributed by atoms with van der Waals surface area (Å²) in [5, 5.41) is 0.774. The van der Waals surface area contributed by atoms with Crippen molar-refractivity contribution in [2.75, 3.05) is 0 Å². The number of aromatic amines is 1. The number of nitrogens with one attached hydrogen (secondary N) is 1. The Morgan fingerprint density at radius 2 is 2.04 bits per heavy atom. The number of hydrogen-bond donors (Lipinski definition) is 1. The predicted octanol–water partition coefficient (Wildman–Crippen LogP) is 5.40. The number of Topliss-reactive ketones (excluding diaryl/α,β-unsaturated/α-hetero) is 1. The van der Waals surface area contributed by atoms with E-state index in [4.69, 9.17) is 4.74 Å². The van der Waals surface area contributed by atoms with Gasteiger partial charge in [-0.25, -0.2) is 0 Å². The number of carbonyl (C=O) groups is 2. The largest absolute Gasteiger partial charge is 0.483 e. The maximum absolute atomic E-state index is 12.6. The molecule has 0 unspecified atom stereocenters. The molecule has 0 saturated carbocycles. The van der Waals surface area contributed by atoms with Crippen molar-refractivity contribution < 1.29 is 14.3 Å². The van der Waals surface area contributed by atoms with Crippen LogP contribution >= 0.6 is 0 Å². The Morgan fingerprint density at radius 3 is 2.78 bits per heavy atom. The molecule has 0 radical (unpaired) electrons. The summed E-state index contributed by atoms with van der Waals surface area (Å²) < 4.78 is 6.30. The van der Waals surface area contributed by atoms with Crippen molar-refractivity contribution in [2.24, 2.45) is 0 Å². The fourth-order valence-corrected chi connectivity index (χ4v) is 3.80. The maximum Gasteiger partial charge on any atom is 0.203 e. The second-order valence-corrected chi connectivity index (χ2v) is 7.86. The lowest BCUT2D eigenvalue weighted by Crippen LogP contribution is -2.31. The minimum atomic E-state index is -0.372. The van der Waals surface area contributed by atoms with E-state index in [0.717, 1.165) is 35.1 Å². The standard InChI is InChI=1S/C23H23NO3/c1-13(2)6-5-10-23(4)11-9-15-18(27-23)8-7-16-19-21(24-20(15)16)17(25)12-14(3)22(19)26/h6-9,11-12,24H,5,10H2,1-4H3/t23-/m0/s1. The normalized spacial score (nSPS) is 20.8. The Balaban J connectivity index is 1.76. The highest BCUT2D eigenvalue weighted by atomic mass is 16.5. The molecule has 1 aromatic heterocycles. The zero-order valence-corrected chi connectivity index (χ0v) is 16.1. The molecule has 0 spiro atoms. The van der Waals surface area contributed by atoms with Crippen LogP contribution in [0.4, 0.5) is 0 Å². The maximum atomic E-state index is 12.6. The van der Waals surface area contributed by atoms with Gasteiger partial charge in [0.1, 0.15) is 11.4 Å². The third-order valence-corrected chi connectivity index (χ3v) is 5.29. The van der Waals surface area contributed by atoms with Gasteiger partial charge in [-0.2, -0.15) is 0 Å². The first kappa shape index (κ1) is 17.5. The van der Waals surface area contributed by atoms with Crippen LogP contribution in [0, 0.1) is 0 Å². The average Bonchev–Trinajstić information content (AvgIpc) is 2.99. The zero-order chi connectivity index (χ0) is 19.3. The molecule has 4 rings (SSSR count). The van der Waals surface area contributed by atoms with Gasteiger partial charge in [0, 0.05) is 16.5 Å². The van der Waals surface area contributed by atoms with Crippen LogP contribution in [0.5, 0.6) is 5.75 Å². The van der Waals surface area contributed by atoms with E-state index in [9.17, 15) is 9.59 Å². The number of aromatic nitrogens is 1. The molecule has 2 aliphatic rings. The first-order valence-corrected chi connectivity index (χ1v) is 9.27. The molecule has 2 heterocycles. The number of carbonyl (C=O) groups excluding carboxylic acids is 2. The van der Waals surface area contributed by atoms with E-state index in [1.807, 2.05) is 18.2 Å². The lowest BCUT2D eigenvalue weighted by molar-refractivity contribution is 0.0983. The van der Waals surface area contributed by atoms with E-state index in [-0.39, 0.29) is 17.2 Å². The minimum Gasteiger partial charge on any atom is -0.483 e. The van der Waals surface area contributed by atoms with Crippen molar-refractivity contribution in [1.29, 1.82) is 0 Å². The number of allylic oxidation sites excluding steroid dienone is 4. The van der Waals surface area contributed by atoms with Gasteiger partial charge >= 0.3 is 0 Å². The van der Waals surface area contributed by atoms with Gasteiger partial charge in [0.25, 0.3) is 0 Å². The molecule has 1 N–H and O–H groups in total.